The zero-order chi connectivity index (χ0) is 25.3. The Morgan fingerprint density at radius 1 is 1.09 bits per heavy atom. The van der Waals surface area contributed by atoms with E-state index in [9.17, 15) is 22.8 Å². The monoisotopic (exact) mass is 538 g/mol. The van der Waals surface area contributed by atoms with Gasteiger partial charge in [-0.05, 0) is 60.6 Å². The summed E-state index contributed by atoms with van der Waals surface area (Å²) in [6.45, 7) is 0.888. The van der Waals surface area contributed by atoms with Crippen LogP contribution in [0.3, 0.4) is 0 Å². The van der Waals surface area contributed by atoms with Crippen LogP contribution in [-0.4, -0.2) is 28.4 Å². The summed E-state index contributed by atoms with van der Waals surface area (Å²) in [5.41, 5.74) is 6.36. The fraction of sp³-hybridized carbons (Fsp3) is 0.174. The second kappa shape index (κ2) is 9.84. The van der Waals surface area contributed by atoms with E-state index in [-0.39, 0.29) is 16.1 Å². The van der Waals surface area contributed by atoms with Gasteiger partial charge in [-0.1, -0.05) is 23.7 Å². The number of halogens is 4. The lowest BCUT2D eigenvalue weighted by Gasteiger charge is -2.29. The molecule has 0 unspecified atom stereocenters. The van der Waals surface area contributed by atoms with Gasteiger partial charge in [0.1, 0.15) is 5.00 Å². The zero-order valence-corrected chi connectivity index (χ0v) is 20.3. The normalized spacial score (nSPS) is 13.2. The lowest BCUT2D eigenvalue weighted by atomic mass is 10.0. The number of carbonyl (C=O) groups is 2. The molecular weight excluding hydrogens is 521 g/mol. The third-order valence-electron chi connectivity index (χ3n) is 5.41. The predicted molar refractivity (Wildman–Crippen MR) is 134 cm³/mol. The highest BCUT2D eigenvalue weighted by Crippen LogP contribution is 2.37. The highest BCUT2D eigenvalue weighted by molar-refractivity contribution is 7.80. The fourth-order valence-corrected chi connectivity index (χ4v) is 5.38. The summed E-state index contributed by atoms with van der Waals surface area (Å²) in [5, 5.41) is 6.96. The molecule has 12 heteroatoms. The summed E-state index contributed by atoms with van der Waals surface area (Å²) in [6.07, 6.45) is -4.04. The minimum Gasteiger partial charge on any atom is -0.365 e. The van der Waals surface area contributed by atoms with Gasteiger partial charge >= 0.3 is 6.18 Å². The average Bonchev–Trinajstić information content (AvgIpc) is 3.17. The minimum atomic E-state index is -4.51. The van der Waals surface area contributed by atoms with E-state index in [2.05, 4.69) is 10.6 Å². The summed E-state index contributed by atoms with van der Waals surface area (Å²) in [6, 6.07) is 11.0. The lowest BCUT2D eigenvalue weighted by Crippen LogP contribution is -2.38. The number of nitrogens with one attached hydrogen (secondary N) is 2. The third-order valence-corrected chi connectivity index (χ3v) is 7.23. The number of para-hydroxylation sites is 1. The number of thiophene rings is 1. The molecule has 1 aromatic heterocycles. The van der Waals surface area contributed by atoms with Gasteiger partial charge in [0, 0.05) is 17.0 Å². The first-order valence-electron chi connectivity index (χ1n) is 10.3. The molecule has 0 radical (unpaired) electrons. The van der Waals surface area contributed by atoms with E-state index in [0.29, 0.717) is 35.3 Å². The standard InChI is InChI=1S/C23H18ClF3N4O2S2/c24-15-3-1-2-4-16(15)29-22(34)31-10-9-14-17(11-31)35-21(18(14)19(28)32)30-20(33)12-5-7-13(8-6-12)23(25,26)27/h1-8H,9-11H2,(H2,28,32)(H,29,34)(H,30,33). The van der Waals surface area contributed by atoms with E-state index < -0.39 is 23.6 Å². The molecule has 3 aromatic rings. The molecule has 0 spiro atoms. The molecule has 0 bridgehead atoms. The van der Waals surface area contributed by atoms with Crippen molar-refractivity contribution < 1.29 is 22.8 Å². The molecule has 0 saturated heterocycles. The van der Waals surface area contributed by atoms with Gasteiger partial charge in [-0.2, -0.15) is 13.2 Å². The molecule has 0 atom stereocenters. The van der Waals surface area contributed by atoms with Crippen LogP contribution in [0.15, 0.2) is 48.5 Å². The maximum absolute atomic E-state index is 12.8. The van der Waals surface area contributed by atoms with E-state index in [1.54, 1.807) is 18.2 Å². The molecule has 6 nitrogen and oxygen atoms in total. The Hall–Kier alpha value is -3.15. The van der Waals surface area contributed by atoms with Gasteiger partial charge in [-0.15, -0.1) is 11.3 Å². The summed E-state index contributed by atoms with van der Waals surface area (Å²) < 4.78 is 38.4. The van der Waals surface area contributed by atoms with Crippen LogP contribution in [-0.2, 0) is 19.1 Å². The fourth-order valence-electron chi connectivity index (χ4n) is 3.67. The van der Waals surface area contributed by atoms with Gasteiger partial charge in [0.2, 0.25) is 0 Å². The molecule has 2 aromatic carbocycles. The molecule has 2 amide bonds. The van der Waals surface area contributed by atoms with Crippen LogP contribution in [0.5, 0.6) is 0 Å². The Morgan fingerprint density at radius 3 is 2.40 bits per heavy atom. The van der Waals surface area contributed by atoms with Gasteiger partial charge in [0.05, 0.1) is 28.4 Å². The maximum Gasteiger partial charge on any atom is 0.416 e. The number of benzene rings is 2. The van der Waals surface area contributed by atoms with E-state index in [1.807, 2.05) is 11.0 Å². The number of thiocarbonyl (C=S) groups is 1. The van der Waals surface area contributed by atoms with E-state index in [1.165, 1.54) is 11.3 Å². The summed E-state index contributed by atoms with van der Waals surface area (Å²) in [7, 11) is 0. The Bertz CT molecular complexity index is 1310. The predicted octanol–water partition coefficient (Wildman–Crippen LogP) is 5.53. The molecule has 0 aliphatic carbocycles. The zero-order valence-electron chi connectivity index (χ0n) is 17.9. The number of fused-ring (bicyclic) bond motifs is 1. The minimum absolute atomic E-state index is 0.0199. The number of hydrogen-bond acceptors (Lipinski definition) is 4. The maximum atomic E-state index is 12.8. The van der Waals surface area contributed by atoms with Crippen LogP contribution in [0.2, 0.25) is 5.02 Å². The molecule has 4 rings (SSSR count). The number of hydrogen-bond donors (Lipinski definition) is 3. The van der Waals surface area contributed by atoms with Crippen molar-refractivity contribution in [2.24, 2.45) is 5.73 Å². The molecular formula is C23H18ClF3N4O2S2. The van der Waals surface area contributed by atoms with E-state index in [4.69, 9.17) is 29.6 Å². The van der Waals surface area contributed by atoms with Gasteiger partial charge in [0.25, 0.3) is 11.8 Å². The van der Waals surface area contributed by atoms with Crippen molar-refractivity contribution in [3.63, 3.8) is 0 Å². The van der Waals surface area contributed by atoms with Crippen molar-refractivity contribution in [1.82, 2.24) is 4.90 Å². The van der Waals surface area contributed by atoms with Gasteiger partial charge in [0.15, 0.2) is 5.11 Å². The molecule has 1 aliphatic heterocycles. The largest absolute Gasteiger partial charge is 0.416 e. The third kappa shape index (κ3) is 5.42. The molecule has 182 valence electrons. The Labute approximate surface area is 212 Å². The average molecular weight is 539 g/mol. The smallest absolute Gasteiger partial charge is 0.365 e. The number of primary amides is 1. The van der Waals surface area contributed by atoms with Crippen LogP contribution >= 0.6 is 35.2 Å². The quantitative estimate of drug-likeness (QED) is 0.380. The van der Waals surface area contributed by atoms with Gasteiger partial charge in [-0.3, -0.25) is 9.59 Å². The van der Waals surface area contributed by atoms with Crippen molar-refractivity contribution in [2.75, 3.05) is 17.2 Å². The number of nitrogens with zero attached hydrogens (tertiary/aromatic N) is 1. The number of rotatable bonds is 4. The number of nitrogens with two attached hydrogens (primary N) is 1. The van der Waals surface area contributed by atoms with Crippen molar-refractivity contribution in [2.45, 2.75) is 19.1 Å². The first-order valence-corrected chi connectivity index (χ1v) is 11.9. The van der Waals surface area contributed by atoms with Crippen LogP contribution in [0.25, 0.3) is 0 Å². The molecule has 35 heavy (non-hydrogen) atoms. The molecule has 2 heterocycles. The van der Waals surface area contributed by atoms with Crippen molar-refractivity contribution in [1.29, 1.82) is 0 Å². The van der Waals surface area contributed by atoms with E-state index >= 15 is 0 Å². The van der Waals surface area contributed by atoms with Crippen LogP contribution in [0.4, 0.5) is 23.9 Å². The van der Waals surface area contributed by atoms with Crippen LogP contribution < -0.4 is 16.4 Å². The Balaban J connectivity index is 1.53. The Kier molecular flexibility index (Phi) is 7.02. The van der Waals surface area contributed by atoms with E-state index in [0.717, 1.165) is 34.7 Å². The van der Waals surface area contributed by atoms with Crippen LogP contribution in [0, 0.1) is 0 Å². The number of alkyl halides is 3. The second-order valence-corrected chi connectivity index (χ2v) is 9.58. The van der Waals surface area contributed by atoms with Gasteiger partial charge in [-0.25, -0.2) is 0 Å². The molecule has 0 fully saturated rings. The number of amides is 2. The summed E-state index contributed by atoms with van der Waals surface area (Å²) >= 11 is 12.9. The second-order valence-electron chi connectivity index (χ2n) is 7.68. The molecule has 1 aliphatic rings. The topological polar surface area (TPSA) is 87.5 Å². The number of carbonyl (C=O) groups excluding carboxylic acids is 2. The molecule has 0 saturated carbocycles. The highest BCUT2D eigenvalue weighted by Gasteiger charge is 2.31. The summed E-state index contributed by atoms with van der Waals surface area (Å²) in [5.74, 6) is -1.34. The SMILES string of the molecule is NC(=O)c1c(NC(=O)c2ccc(C(F)(F)F)cc2)sc2c1CCN(C(=S)Nc1ccccc1Cl)C2. The number of anilines is 2. The van der Waals surface area contributed by atoms with Crippen LogP contribution in [0.1, 0.15) is 36.7 Å². The first-order chi connectivity index (χ1) is 16.5. The van der Waals surface area contributed by atoms with Crippen molar-refractivity contribution in [3.05, 3.63) is 80.7 Å². The Morgan fingerprint density at radius 2 is 1.77 bits per heavy atom. The summed E-state index contributed by atoms with van der Waals surface area (Å²) in [4.78, 5) is 27.6. The lowest BCUT2D eigenvalue weighted by molar-refractivity contribution is -0.137. The molecule has 4 N–H and O–H groups in total. The van der Waals surface area contributed by atoms with Crippen molar-refractivity contribution >= 4 is 62.8 Å². The van der Waals surface area contributed by atoms with Gasteiger partial charge < -0.3 is 21.3 Å². The highest BCUT2D eigenvalue weighted by atomic mass is 35.5. The first kappa shape index (κ1) is 25.0. The van der Waals surface area contributed by atoms with Crippen molar-refractivity contribution in [3.8, 4) is 0 Å².